The van der Waals surface area contributed by atoms with E-state index < -0.39 is 5.91 Å². The van der Waals surface area contributed by atoms with E-state index >= 15 is 0 Å². The number of carbonyl (C=O) groups excluding carboxylic acids is 2. The fourth-order valence-electron chi connectivity index (χ4n) is 1.52. The van der Waals surface area contributed by atoms with Crippen LogP contribution in [0.1, 0.15) is 30.1 Å². The Morgan fingerprint density at radius 1 is 1.33 bits per heavy atom. The van der Waals surface area contributed by atoms with Gasteiger partial charge in [0, 0.05) is 6.42 Å². The van der Waals surface area contributed by atoms with Crippen LogP contribution < -0.4 is 16.8 Å². The maximum Gasteiger partial charge on any atom is 0.250 e. The highest BCUT2D eigenvalue weighted by Gasteiger charge is 2.10. The zero-order valence-electron chi connectivity index (χ0n) is 10.5. The van der Waals surface area contributed by atoms with Gasteiger partial charge in [-0.15, -0.1) is 0 Å². The second-order valence-corrected chi connectivity index (χ2v) is 4.34. The number of nitrogens with one attached hydrogen (secondary N) is 1. The van der Waals surface area contributed by atoms with Crippen LogP contribution in [0.25, 0.3) is 0 Å². The zero-order valence-corrected chi connectivity index (χ0v) is 10.5. The standard InChI is InChI=1S/C13H19N3O2/c1-9(8-14)6-7-12(17)16-11-5-3-2-4-10(11)13(15)18/h2-5,9H,6-8,14H2,1H3,(H2,15,18)(H,16,17). The summed E-state index contributed by atoms with van der Waals surface area (Å²) in [6.07, 6.45) is 1.10. The molecule has 0 aliphatic heterocycles. The van der Waals surface area contributed by atoms with Crippen molar-refractivity contribution < 1.29 is 9.59 Å². The van der Waals surface area contributed by atoms with Gasteiger partial charge in [-0.25, -0.2) is 0 Å². The minimum Gasteiger partial charge on any atom is -0.366 e. The summed E-state index contributed by atoms with van der Waals surface area (Å²) in [5.74, 6) is -0.382. The van der Waals surface area contributed by atoms with E-state index in [1.807, 2.05) is 6.92 Å². The normalized spacial score (nSPS) is 11.9. The number of hydrogen-bond acceptors (Lipinski definition) is 3. The molecule has 2 amide bonds. The van der Waals surface area contributed by atoms with E-state index in [-0.39, 0.29) is 5.91 Å². The lowest BCUT2D eigenvalue weighted by atomic mass is 10.1. The fourth-order valence-corrected chi connectivity index (χ4v) is 1.52. The Balaban J connectivity index is 2.62. The first-order valence-corrected chi connectivity index (χ1v) is 5.93. The first-order chi connectivity index (χ1) is 8.54. The van der Waals surface area contributed by atoms with Crippen molar-refractivity contribution in [3.05, 3.63) is 29.8 Å². The predicted molar refractivity (Wildman–Crippen MR) is 71.0 cm³/mol. The van der Waals surface area contributed by atoms with Crippen molar-refractivity contribution in [3.8, 4) is 0 Å². The number of hydrogen-bond donors (Lipinski definition) is 3. The second-order valence-electron chi connectivity index (χ2n) is 4.34. The zero-order chi connectivity index (χ0) is 13.5. The van der Waals surface area contributed by atoms with Gasteiger partial charge in [0.2, 0.25) is 5.91 Å². The van der Waals surface area contributed by atoms with E-state index in [4.69, 9.17) is 11.5 Å². The van der Waals surface area contributed by atoms with E-state index in [1.165, 1.54) is 0 Å². The van der Waals surface area contributed by atoms with Gasteiger partial charge >= 0.3 is 0 Å². The molecule has 0 fully saturated rings. The monoisotopic (exact) mass is 249 g/mol. The Labute approximate surface area is 107 Å². The maximum atomic E-state index is 11.7. The third kappa shape index (κ3) is 4.18. The van der Waals surface area contributed by atoms with Gasteiger partial charge in [0.25, 0.3) is 5.91 Å². The van der Waals surface area contributed by atoms with E-state index in [0.29, 0.717) is 30.1 Å². The summed E-state index contributed by atoms with van der Waals surface area (Å²) in [5, 5.41) is 2.69. The average molecular weight is 249 g/mol. The molecular weight excluding hydrogens is 230 g/mol. The molecule has 0 bridgehead atoms. The molecule has 0 saturated carbocycles. The second kappa shape index (κ2) is 6.76. The highest BCUT2D eigenvalue weighted by molar-refractivity contribution is 6.02. The van der Waals surface area contributed by atoms with Crippen LogP contribution in [0.4, 0.5) is 5.69 Å². The molecule has 1 atom stereocenters. The minimum absolute atomic E-state index is 0.135. The van der Waals surface area contributed by atoms with Crippen molar-refractivity contribution >= 4 is 17.5 Å². The highest BCUT2D eigenvalue weighted by atomic mass is 16.2. The van der Waals surface area contributed by atoms with Crippen molar-refractivity contribution in [2.75, 3.05) is 11.9 Å². The molecule has 1 unspecified atom stereocenters. The molecule has 1 aromatic carbocycles. The lowest BCUT2D eigenvalue weighted by molar-refractivity contribution is -0.116. The molecule has 5 heteroatoms. The average Bonchev–Trinajstić information content (AvgIpc) is 2.36. The smallest absolute Gasteiger partial charge is 0.250 e. The van der Waals surface area contributed by atoms with Crippen LogP contribution in [0.2, 0.25) is 0 Å². The number of benzene rings is 1. The van der Waals surface area contributed by atoms with E-state index in [2.05, 4.69) is 5.32 Å². The summed E-state index contributed by atoms with van der Waals surface area (Å²) in [6, 6.07) is 6.68. The molecule has 0 radical (unpaired) electrons. The first-order valence-electron chi connectivity index (χ1n) is 5.93. The Morgan fingerprint density at radius 2 is 2.00 bits per heavy atom. The van der Waals surface area contributed by atoms with Crippen LogP contribution >= 0.6 is 0 Å². The van der Waals surface area contributed by atoms with Gasteiger partial charge in [-0.05, 0) is 31.0 Å². The SMILES string of the molecule is CC(CN)CCC(=O)Nc1ccccc1C(N)=O. The van der Waals surface area contributed by atoms with Crippen molar-refractivity contribution in [1.29, 1.82) is 0 Å². The number of para-hydroxylation sites is 1. The largest absolute Gasteiger partial charge is 0.366 e. The highest BCUT2D eigenvalue weighted by Crippen LogP contribution is 2.15. The van der Waals surface area contributed by atoms with Gasteiger partial charge in [0.05, 0.1) is 11.3 Å². The third-order valence-electron chi connectivity index (χ3n) is 2.73. The molecular formula is C13H19N3O2. The van der Waals surface area contributed by atoms with Gasteiger partial charge < -0.3 is 16.8 Å². The summed E-state index contributed by atoms with van der Waals surface area (Å²) >= 11 is 0. The van der Waals surface area contributed by atoms with Gasteiger partial charge in [-0.1, -0.05) is 19.1 Å². The number of amides is 2. The molecule has 0 aliphatic rings. The van der Waals surface area contributed by atoms with Crippen LogP contribution in [0.3, 0.4) is 0 Å². The van der Waals surface area contributed by atoms with E-state index in [9.17, 15) is 9.59 Å². The van der Waals surface area contributed by atoms with Crippen molar-refractivity contribution in [1.82, 2.24) is 0 Å². The molecule has 0 aliphatic carbocycles. The molecule has 18 heavy (non-hydrogen) atoms. The summed E-state index contributed by atoms with van der Waals surface area (Å²) in [5.41, 5.74) is 11.5. The summed E-state index contributed by atoms with van der Waals surface area (Å²) in [7, 11) is 0. The van der Waals surface area contributed by atoms with Gasteiger partial charge in [-0.2, -0.15) is 0 Å². The van der Waals surface area contributed by atoms with Crippen LogP contribution in [-0.4, -0.2) is 18.4 Å². The van der Waals surface area contributed by atoms with Crippen molar-refractivity contribution in [2.24, 2.45) is 17.4 Å². The lowest BCUT2D eigenvalue weighted by Gasteiger charge is -2.10. The quantitative estimate of drug-likeness (QED) is 0.704. The van der Waals surface area contributed by atoms with Crippen LogP contribution in [-0.2, 0) is 4.79 Å². The molecule has 1 aromatic rings. The number of nitrogens with two attached hydrogens (primary N) is 2. The maximum absolute atomic E-state index is 11.7. The predicted octanol–water partition coefficient (Wildman–Crippen LogP) is 1.10. The van der Waals surface area contributed by atoms with E-state index in [0.717, 1.165) is 6.42 Å². The van der Waals surface area contributed by atoms with Gasteiger partial charge in [0.1, 0.15) is 0 Å². The minimum atomic E-state index is -0.554. The number of carbonyl (C=O) groups is 2. The van der Waals surface area contributed by atoms with Crippen LogP contribution in [0.5, 0.6) is 0 Å². The van der Waals surface area contributed by atoms with Gasteiger partial charge in [-0.3, -0.25) is 9.59 Å². The first kappa shape index (κ1) is 14.2. The molecule has 1 rings (SSSR count). The number of primary amides is 1. The summed E-state index contributed by atoms with van der Waals surface area (Å²) in [6.45, 7) is 2.55. The third-order valence-corrected chi connectivity index (χ3v) is 2.73. The Kier molecular flexibility index (Phi) is 5.32. The van der Waals surface area contributed by atoms with Crippen molar-refractivity contribution in [2.45, 2.75) is 19.8 Å². The number of rotatable bonds is 6. The molecule has 0 saturated heterocycles. The fraction of sp³-hybridized carbons (Fsp3) is 0.385. The molecule has 0 spiro atoms. The van der Waals surface area contributed by atoms with Gasteiger partial charge in [0.15, 0.2) is 0 Å². The molecule has 98 valence electrons. The number of anilines is 1. The summed E-state index contributed by atoms with van der Waals surface area (Å²) in [4.78, 5) is 22.9. The Morgan fingerprint density at radius 3 is 2.61 bits per heavy atom. The molecule has 5 N–H and O–H groups in total. The molecule has 5 nitrogen and oxygen atoms in total. The van der Waals surface area contributed by atoms with Crippen LogP contribution in [0, 0.1) is 5.92 Å². The summed E-state index contributed by atoms with van der Waals surface area (Å²) < 4.78 is 0. The topological polar surface area (TPSA) is 98.2 Å². The Hall–Kier alpha value is -1.88. The van der Waals surface area contributed by atoms with Crippen LogP contribution in [0.15, 0.2) is 24.3 Å². The molecule has 0 heterocycles. The van der Waals surface area contributed by atoms with E-state index in [1.54, 1.807) is 24.3 Å². The molecule has 0 aromatic heterocycles. The van der Waals surface area contributed by atoms with Crippen molar-refractivity contribution in [3.63, 3.8) is 0 Å². The lowest BCUT2D eigenvalue weighted by Crippen LogP contribution is -2.19. The Bertz CT molecular complexity index is 432.